The number of carbonyl (C=O) groups excluding carboxylic acids is 1. The lowest BCUT2D eigenvalue weighted by Gasteiger charge is -2.07. The van der Waals surface area contributed by atoms with Crippen LogP contribution in [0.2, 0.25) is 0 Å². The Kier molecular flexibility index (Phi) is 3.87. The van der Waals surface area contributed by atoms with E-state index in [1.165, 1.54) is 0 Å². The SMILES string of the molecule is CNc1nc(C)nc(NC(=O)Nc2ccccc2)n1. The minimum atomic E-state index is -0.404. The summed E-state index contributed by atoms with van der Waals surface area (Å²) in [6.45, 7) is 1.73. The Morgan fingerprint density at radius 2 is 1.68 bits per heavy atom. The van der Waals surface area contributed by atoms with Crippen LogP contribution in [0.3, 0.4) is 0 Å². The maximum absolute atomic E-state index is 11.7. The number of aromatic nitrogens is 3. The highest BCUT2D eigenvalue weighted by molar-refractivity contribution is 5.98. The number of hydrogen-bond acceptors (Lipinski definition) is 5. The van der Waals surface area contributed by atoms with Crippen molar-refractivity contribution in [3.05, 3.63) is 36.2 Å². The van der Waals surface area contributed by atoms with Crippen molar-refractivity contribution in [1.82, 2.24) is 15.0 Å². The van der Waals surface area contributed by atoms with Crippen molar-refractivity contribution in [3.8, 4) is 0 Å². The molecule has 0 bridgehead atoms. The van der Waals surface area contributed by atoms with E-state index in [0.29, 0.717) is 17.5 Å². The summed E-state index contributed by atoms with van der Waals surface area (Å²) in [7, 11) is 1.70. The lowest BCUT2D eigenvalue weighted by atomic mass is 10.3. The Labute approximate surface area is 110 Å². The van der Waals surface area contributed by atoms with Crippen LogP contribution >= 0.6 is 0 Å². The maximum Gasteiger partial charge on any atom is 0.326 e. The molecule has 2 amide bonds. The van der Waals surface area contributed by atoms with Crippen molar-refractivity contribution in [2.24, 2.45) is 0 Å². The van der Waals surface area contributed by atoms with E-state index in [0.717, 1.165) is 0 Å². The fraction of sp³-hybridized carbons (Fsp3) is 0.167. The van der Waals surface area contributed by atoms with Gasteiger partial charge in [0.1, 0.15) is 5.82 Å². The van der Waals surface area contributed by atoms with E-state index in [1.807, 2.05) is 18.2 Å². The average molecular weight is 258 g/mol. The van der Waals surface area contributed by atoms with Crippen molar-refractivity contribution in [1.29, 1.82) is 0 Å². The van der Waals surface area contributed by atoms with Gasteiger partial charge in [0.15, 0.2) is 0 Å². The number of para-hydroxylation sites is 1. The number of nitrogens with one attached hydrogen (secondary N) is 3. The van der Waals surface area contributed by atoms with Crippen molar-refractivity contribution in [2.75, 3.05) is 23.0 Å². The van der Waals surface area contributed by atoms with Gasteiger partial charge in [-0.1, -0.05) is 18.2 Å². The quantitative estimate of drug-likeness (QED) is 0.781. The van der Waals surface area contributed by atoms with Crippen molar-refractivity contribution < 1.29 is 4.79 Å². The van der Waals surface area contributed by atoms with E-state index in [1.54, 1.807) is 26.1 Å². The van der Waals surface area contributed by atoms with Crippen LogP contribution in [0.4, 0.5) is 22.4 Å². The summed E-state index contributed by atoms with van der Waals surface area (Å²) < 4.78 is 0. The van der Waals surface area contributed by atoms with Crippen LogP contribution in [0.5, 0.6) is 0 Å². The molecule has 7 heteroatoms. The van der Waals surface area contributed by atoms with Gasteiger partial charge in [0.25, 0.3) is 0 Å². The van der Waals surface area contributed by atoms with E-state index in [9.17, 15) is 4.79 Å². The summed E-state index contributed by atoms with van der Waals surface area (Å²) in [5, 5.41) is 8.03. The fourth-order valence-electron chi connectivity index (χ4n) is 1.43. The summed E-state index contributed by atoms with van der Waals surface area (Å²) in [6.07, 6.45) is 0. The van der Waals surface area contributed by atoms with Gasteiger partial charge in [0.2, 0.25) is 11.9 Å². The van der Waals surface area contributed by atoms with Gasteiger partial charge in [-0.3, -0.25) is 5.32 Å². The fourth-order valence-corrected chi connectivity index (χ4v) is 1.43. The van der Waals surface area contributed by atoms with Gasteiger partial charge in [-0.25, -0.2) is 4.79 Å². The van der Waals surface area contributed by atoms with E-state index in [-0.39, 0.29) is 5.95 Å². The third-order valence-electron chi connectivity index (χ3n) is 2.23. The van der Waals surface area contributed by atoms with Crippen LogP contribution in [0.25, 0.3) is 0 Å². The maximum atomic E-state index is 11.7. The second-order valence-electron chi connectivity index (χ2n) is 3.72. The third-order valence-corrected chi connectivity index (χ3v) is 2.23. The van der Waals surface area contributed by atoms with E-state index < -0.39 is 6.03 Å². The van der Waals surface area contributed by atoms with Gasteiger partial charge in [-0.05, 0) is 19.1 Å². The Bertz CT molecular complexity index is 572. The molecule has 0 atom stereocenters. The van der Waals surface area contributed by atoms with E-state index in [4.69, 9.17) is 0 Å². The number of anilines is 3. The lowest BCUT2D eigenvalue weighted by molar-refractivity contribution is 0.262. The molecule has 7 nitrogen and oxygen atoms in total. The second-order valence-corrected chi connectivity index (χ2v) is 3.72. The first-order valence-electron chi connectivity index (χ1n) is 5.71. The van der Waals surface area contributed by atoms with Crippen LogP contribution in [0.15, 0.2) is 30.3 Å². The molecule has 0 saturated heterocycles. The number of hydrogen-bond donors (Lipinski definition) is 3. The van der Waals surface area contributed by atoms with Crippen LogP contribution < -0.4 is 16.0 Å². The second kappa shape index (κ2) is 5.76. The van der Waals surface area contributed by atoms with Crippen LogP contribution in [-0.4, -0.2) is 28.0 Å². The summed E-state index contributed by atoms with van der Waals surface area (Å²) >= 11 is 0. The normalized spacial score (nSPS) is 9.79. The highest BCUT2D eigenvalue weighted by Crippen LogP contribution is 2.07. The van der Waals surface area contributed by atoms with Crippen molar-refractivity contribution in [3.63, 3.8) is 0 Å². The zero-order valence-corrected chi connectivity index (χ0v) is 10.6. The van der Waals surface area contributed by atoms with Gasteiger partial charge in [0, 0.05) is 12.7 Å². The van der Waals surface area contributed by atoms with Gasteiger partial charge < -0.3 is 10.6 Å². The van der Waals surface area contributed by atoms with Gasteiger partial charge >= 0.3 is 6.03 Å². The van der Waals surface area contributed by atoms with Crippen LogP contribution in [0.1, 0.15) is 5.82 Å². The third kappa shape index (κ3) is 3.63. The molecule has 3 N–H and O–H groups in total. The molecule has 0 unspecified atom stereocenters. The first-order valence-corrected chi connectivity index (χ1v) is 5.71. The average Bonchev–Trinajstić information content (AvgIpc) is 2.38. The molecule has 1 aromatic heterocycles. The predicted octanol–water partition coefficient (Wildman–Crippen LogP) is 1.87. The van der Waals surface area contributed by atoms with Crippen molar-refractivity contribution in [2.45, 2.75) is 6.92 Å². The molecule has 0 aliphatic heterocycles. The Morgan fingerprint density at radius 3 is 2.37 bits per heavy atom. The molecular weight excluding hydrogens is 244 g/mol. The highest BCUT2D eigenvalue weighted by atomic mass is 16.2. The Hall–Kier alpha value is -2.70. The summed E-state index contributed by atoms with van der Waals surface area (Å²) in [5.41, 5.74) is 0.694. The summed E-state index contributed by atoms with van der Waals surface area (Å²) in [6, 6.07) is 8.72. The molecule has 1 aromatic carbocycles. The molecule has 0 aliphatic carbocycles. The molecule has 2 aromatic rings. The summed E-state index contributed by atoms with van der Waals surface area (Å²) in [5.74, 6) is 1.13. The van der Waals surface area contributed by atoms with E-state index >= 15 is 0 Å². The number of urea groups is 1. The first kappa shape index (κ1) is 12.7. The molecule has 19 heavy (non-hydrogen) atoms. The molecule has 0 saturated carbocycles. The number of nitrogens with zero attached hydrogens (tertiary/aromatic N) is 3. The van der Waals surface area contributed by atoms with Crippen LogP contribution in [0, 0.1) is 6.92 Å². The smallest absolute Gasteiger partial charge is 0.326 e. The highest BCUT2D eigenvalue weighted by Gasteiger charge is 2.07. The number of benzene rings is 1. The molecule has 98 valence electrons. The summed E-state index contributed by atoms with van der Waals surface area (Å²) in [4.78, 5) is 23.8. The largest absolute Gasteiger partial charge is 0.357 e. The first-order chi connectivity index (χ1) is 9.17. The number of amides is 2. The van der Waals surface area contributed by atoms with Gasteiger partial charge in [-0.2, -0.15) is 15.0 Å². The standard InChI is InChI=1S/C12H14N6O/c1-8-14-10(13-2)17-11(15-8)18-12(19)16-9-6-4-3-5-7-9/h3-7H,1-2H3,(H3,13,14,15,16,17,18,19). The van der Waals surface area contributed by atoms with Gasteiger partial charge in [-0.15, -0.1) is 0 Å². The minimum absolute atomic E-state index is 0.199. The van der Waals surface area contributed by atoms with E-state index in [2.05, 4.69) is 30.9 Å². The van der Waals surface area contributed by atoms with Gasteiger partial charge in [0.05, 0.1) is 0 Å². The zero-order valence-electron chi connectivity index (χ0n) is 10.6. The minimum Gasteiger partial charge on any atom is -0.357 e. The molecule has 0 fully saturated rings. The molecule has 2 rings (SSSR count). The number of rotatable bonds is 3. The topological polar surface area (TPSA) is 91.8 Å². The van der Waals surface area contributed by atoms with Crippen molar-refractivity contribution >= 4 is 23.6 Å². The molecule has 0 spiro atoms. The molecule has 1 heterocycles. The Morgan fingerprint density at radius 1 is 1.00 bits per heavy atom. The van der Waals surface area contributed by atoms with Crippen LogP contribution in [-0.2, 0) is 0 Å². The molecular formula is C12H14N6O. The monoisotopic (exact) mass is 258 g/mol. The Balaban J connectivity index is 2.05. The number of carbonyl (C=O) groups is 1. The predicted molar refractivity (Wildman–Crippen MR) is 73.2 cm³/mol. The lowest BCUT2D eigenvalue weighted by Crippen LogP contribution is -2.21. The molecule has 0 aliphatic rings. The zero-order chi connectivity index (χ0) is 13.7. The molecule has 0 radical (unpaired) electrons. The number of aryl methyl sites for hydroxylation is 1.